The fourth-order valence-corrected chi connectivity index (χ4v) is 2.45. The number of carbonyl (C=O) groups excluding carboxylic acids is 1. The predicted molar refractivity (Wildman–Crippen MR) is 74.9 cm³/mol. The fourth-order valence-electron chi connectivity index (χ4n) is 2.45. The summed E-state index contributed by atoms with van der Waals surface area (Å²) in [5.74, 6) is -0.180. The molecule has 1 aromatic rings. The first-order chi connectivity index (χ1) is 9.20. The zero-order valence-corrected chi connectivity index (χ0v) is 11.7. The molecule has 0 amide bonds. The van der Waals surface area contributed by atoms with E-state index < -0.39 is 0 Å². The summed E-state index contributed by atoms with van der Waals surface area (Å²) in [7, 11) is 1.43. The summed E-state index contributed by atoms with van der Waals surface area (Å²) in [6, 6.07) is 8.65. The van der Waals surface area contributed by atoms with Crippen molar-refractivity contribution in [2.75, 3.05) is 26.7 Å². The highest BCUT2D eigenvalue weighted by Gasteiger charge is 2.19. The Morgan fingerprint density at radius 2 is 2.16 bits per heavy atom. The molecule has 0 saturated carbocycles. The number of hydrogen-bond donors (Lipinski definition) is 1. The molecule has 1 N–H and O–H groups in total. The van der Waals surface area contributed by atoms with E-state index in [0.717, 1.165) is 31.7 Å². The van der Waals surface area contributed by atoms with Crippen LogP contribution in [0.1, 0.15) is 18.1 Å². The van der Waals surface area contributed by atoms with Gasteiger partial charge in [0.15, 0.2) is 0 Å². The van der Waals surface area contributed by atoms with Crippen LogP contribution in [0, 0.1) is 0 Å². The number of benzene rings is 1. The Morgan fingerprint density at radius 3 is 2.84 bits per heavy atom. The molecule has 0 unspecified atom stereocenters. The lowest BCUT2D eigenvalue weighted by molar-refractivity contribution is -0.139. The number of ether oxygens (including phenoxy) is 1. The van der Waals surface area contributed by atoms with Crippen LogP contribution in [-0.2, 0) is 22.5 Å². The van der Waals surface area contributed by atoms with Crippen LogP contribution in [0.25, 0.3) is 0 Å². The van der Waals surface area contributed by atoms with Crippen molar-refractivity contribution in [3.05, 3.63) is 35.4 Å². The molecule has 0 bridgehead atoms. The molecular weight excluding hydrogens is 240 g/mol. The predicted octanol–water partition coefficient (Wildman–Crippen LogP) is 1.20. The summed E-state index contributed by atoms with van der Waals surface area (Å²) < 4.78 is 4.76. The van der Waals surface area contributed by atoms with Crippen molar-refractivity contribution >= 4 is 5.97 Å². The van der Waals surface area contributed by atoms with Crippen molar-refractivity contribution in [2.45, 2.75) is 25.9 Å². The van der Waals surface area contributed by atoms with Crippen molar-refractivity contribution in [1.29, 1.82) is 0 Å². The minimum atomic E-state index is -0.180. The third kappa shape index (κ3) is 3.78. The van der Waals surface area contributed by atoms with E-state index in [1.165, 1.54) is 12.7 Å². The van der Waals surface area contributed by atoms with Crippen molar-refractivity contribution < 1.29 is 9.53 Å². The van der Waals surface area contributed by atoms with Gasteiger partial charge in [-0.3, -0.25) is 9.69 Å². The van der Waals surface area contributed by atoms with Crippen molar-refractivity contribution in [3.8, 4) is 0 Å². The summed E-state index contributed by atoms with van der Waals surface area (Å²) in [5, 5.41) is 3.39. The summed E-state index contributed by atoms with van der Waals surface area (Å²) in [6.45, 7) is 6.24. The van der Waals surface area contributed by atoms with Crippen LogP contribution >= 0.6 is 0 Å². The number of piperazine rings is 1. The van der Waals surface area contributed by atoms with E-state index in [1.54, 1.807) is 0 Å². The maximum Gasteiger partial charge on any atom is 0.309 e. The number of nitrogens with one attached hydrogen (secondary N) is 1. The number of hydrogen-bond acceptors (Lipinski definition) is 4. The molecule has 0 radical (unpaired) electrons. The molecule has 4 nitrogen and oxygen atoms in total. The van der Waals surface area contributed by atoms with Gasteiger partial charge in [0, 0.05) is 32.2 Å². The quantitative estimate of drug-likeness (QED) is 0.828. The molecule has 4 heteroatoms. The largest absolute Gasteiger partial charge is 0.469 e. The van der Waals surface area contributed by atoms with E-state index in [2.05, 4.69) is 23.2 Å². The van der Waals surface area contributed by atoms with E-state index in [1.807, 2.05) is 18.2 Å². The first-order valence-electron chi connectivity index (χ1n) is 6.79. The molecule has 1 atom stereocenters. The minimum Gasteiger partial charge on any atom is -0.469 e. The molecule has 1 aliphatic rings. The van der Waals surface area contributed by atoms with Crippen LogP contribution in [0.2, 0.25) is 0 Å². The molecule has 104 valence electrons. The molecule has 2 rings (SSSR count). The van der Waals surface area contributed by atoms with Gasteiger partial charge >= 0.3 is 5.97 Å². The Bertz CT molecular complexity index is 434. The first kappa shape index (κ1) is 14.0. The average molecular weight is 262 g/mol. The van der Waals surface area contributed by atoms with Gasteiger partial charge in [-0.1, -0.05) is 24.3 Å². The third-order valence-electron chi connectivity index (χ3n) is 3.69. The number of esters is 1. The molecular formula is C15H22N2O2. The van der Waals surface area contributed by atoms with Gasteiger partial charge in [-0.25, -0.2) is 0 Å². The van der Waals surface area contributed by atoms with Crippen molar-refractivity contribution in [2.24, 2.45) is 0 Å². The number of methoxy groups -OCH3 is 1. The van der Waals surface area contributed by atoms with Gasteiger partial charge in [-0.15, -0.1) is 0 Å². The SMILES string of the molecule is COC(=O)Cc1ccccc1CN1CCNC[C@@H]1C. The van der Waals surface area contributed by atoms with Crippen LogP contribution < -0.4 is 5.32 Å². The van der Waals surface area contributed by atoms with E-state index >= 15 is 0 Å². The second-order valence-electron chi connectivity index (χ2n) is 5.05. The van der Waals surface area contributed by atoms with Gasteiger partial charge in [0.2, 0.25) is 0 Å². The second kappa shape index (κ2) is 6.68. The van der Waals surface area contributed by atoms with E-state index in [9.17, 15) is 4.79 Å². The van der Waals surface area contributed by atoms with Crippen LogP contribution in [0.5, 0.6) is 0 Å². The van der Waals surface area contributed by atoms with Crippen LogP contribution in [0.4, 0.5) is 0 Å². The lowest BCUT2D eigenvalue weighted by Gasteiger charge is -2.34. The lowest BCUT2D eigenvalue weighted by atomic mass is 10.0. The Labute approximate surface area is 114 Å². The Kier molecular flexibility index (Phi) is 4.93. The Balaban J connectivity index is 2.08. The summed E-state index contributed by atoms with van der Waals surface area (Å²) in [5.41, 5.74) is 2.29. The molecule has 1 aromatic carbocycles. The van der Waals surface area contributed by atoms with E-state index in [0.29, 0.717) is 12.5 Å². The highest BCUT2D eigenvalue weighted by Crippen LogP contribution is 2.15. The highest BCUT2D eigenvalue weighted by atomic mass is 16.5. The highest BCUT2D eigenvalue weighted by molar-refractivity contribution is 5.72. The molecule has 0 aliphatic carbocycles. The molecule has 1 fully saturated rings. The van der Waals surface area contributed by atoms with Crippen LogP contribution in [-0.4, -0.2) is 43.7 Å². The maximum absolute atomic E-state index is 11.4. The number of nitrogens with zero attached hydrogens (tertiary/aromatic N) is 1. The third-order valence-corrected chi connectivity index (χ3v) is 3.69. The Hall–Kier alpha value is -1.39. The molecule has 1 heterocycles. The second-order valence-corrected chi connectivity index (χ2v) is 5.05. The molecule has 1 aliphatic heterocycles. The summed E-state index contributed by atoms with van der Waals surface area (Å²) >= 11 is 0. The van der Waals surface area contributed by atoms with Gasteiger partial charge in [0.25, 0.3) is 0 Å². The standard InChI is InChI=1S/C15H22N2O2/c1-12-10-16-7-8-17(12)11-14-6-4-3-5-13(14)9-15(18)19-2/h3-6,12,16H,7-11H2,1-2H3/t12-/m0/s1. The van der Waals surface area contributed by atoms with Gasteiger partial charge in [-0.2, -0.15) is 0 Å². The number of carbonyl (C=O) groups is 1. The monoisotopic (exact) mass is 262 g/mol. The molecule has 19 heavy (non-hydrogen) atoms. The minimum absolute atomic E-state index is 0.180. The fraction of sp³-hybridized carbons (Fsp3) is 0.533. The van der Waals surface area contributed by atoms with Gasteiger partial charge in [0.1, 0.15) is 0 Å². The van der Waals surface area contributed by atoms with E-state index in [4.69, 9.17) is 4.74 Å². The topological polar surface area (TPSA) is 41.6 Å². The van der Waals surface area contributed by atoms with Gasteiger partial charge in [0.05, 0.1) is 13.5 Å². The average Bonchev–Trinajstić information content (AvgIpc) is 2.43. The lowest BCUT2D eigenvalue weighted by Crippen LogP contribution is -2.49. The molecule has 1 saturated heterocycles. The zero-order valence-electron chi connectivity index (χ0n) is 11.7. The van der Waals surface area contributed by atoms with Gasteiger partial charge < -0.3 is 10.1 Å². The van der Waals surface area contributed by atoms with Gasteiger partial charge in [-0.05, 0) is 18.1 Å². The maximum atomic E-state index is 11.4. The zero-order chi connectivity index (χ0) is 13.7. The van der Waals surface area contributed by atoms with Crippen LogP contribution in [0.15, 0.2) is 24.3 Å². The number of rotatable bonds is 4. The summed E-state index contributed by atoms with van der Waals surface area (Å²) in [4.78, 5) is 13.9. The van der Waals surface area contributed by atoms with Crippen LogP contribution in [0.3, 0.4) is 0 Å². The van der Waals surface area contributed by atoms with Crippen molar-refractivity contribution in [3.63, 3.8) is 0 Å². The normalized spacial score (nSPS) is 20.2. The smallest absolute Gasteiger partial charge is 0.309 e. The molecule has 0 spiro atoms. The molecule has 0 aromatic heterocycles. The van der Waals surface area contributed by atoms with E-state index in [-0.39, 0.29) is 5.97 Å². The summed E-state index contributed by atoms with van der Waals surface area (Å²) in [6.07, 6.45) is 0.354. The first-order valence-corrected chi connectivity index (χ1v) is 6.79. The Morgan fingerprint density at radius 1 is 1.42 bits per heavy atom. The van der Waals surface area contributed by atoms with Crippen molar-refractivity contribution in [1.82, 2.24) is 10.2 Å².